The summed E-state index contributed by atoms with van der Waals surface area (Å²) in [6, 6.07) is 3.34. The number of hydrogen-bond donors (Lipinski definition) is 2. The molecule has 0 aliphatic rings. The lowest BCUT2D eigenvalue weighted by Crippen LogP contribution is -2.16. The molecule has 0 bridgehead atoms. The Hall–Kier alpha value is -1.59. The van der Waals surface area contributed by atoms with Gasteiger partial charge in [0, 0.05) is 19.3 Å². The van der Waals surface area contributed by atoms with Gasteiger partial charge in [-0.15, -0.1) is 0 Å². The van der Waals surface area contributed by atoms with E-state index in [1.54, 1.807) is 12.1 Å². The van der Waals surface area contributed by atoms with Crippen LogP contribution in [0.2, 0.25) is 0 Å². The van der Waals surface area contributed by atoms with Gasteiger partial charge in [-0.3, -0.25) is 0 Å². The number of esters is 1. The number of nitrogen functional groups attached to an aromatic ring is 1. The number of rotatable bonds is 3. The normalized spacial score (nSPS) is 10.6. The van der Waals surface area contributed by atoms with E-state index in [9.17, 15) is 10.0 Å². The van der Waals surface area contributed by atoms with Crippen LogP contribution >= 0.6 is 0 Å². The molecule has 0 aliphatic heterocycles. The summed E-state index contributed by atoms with van der Waals surface area (Å²) < 4.78 is 4.66. The van der Waals surface area contributed by atoms with Gasteiger partial charge in [0.15, 0.2) is 0 Å². The molecule has 0 heterocycles. The summed E-state index contributed by atoms with van der Waals surface area (Å²) in [6.45, 7) is 2.09. The maximum Gasteiger partial charge on any atom is 0.338 e. The van der Waals surface area contributed by atoms with Crippen molar-refractivity contribution in [2.75, 3.05) is 19.9 Å². The molecular formula is C11H16N2O3. The first-order valence-electron chi connectivity index (χ1n) is 4.83. The van der Waals surface area contributed by atoms with Crippen molar-refractivity contribution in [1.82, 2.24) is 5.06 Å². The maximum absolute atomic E-state index is 11.5. The molecule has 0 amide bonds. The zero-order chi connectivity index (χ0) is 12.3. The molecule has 1 rings (SSSR count). The van der Waals surface area contributed by atoms with Gasteiger partial charge in [-0.1, -0.05) is 6.07 Å². The third kappa shape index (κ3) is 2.71. The molecule has 5 nitrogen and oxygen atoms in total. The van der Waals surface area contributed by atoms with E-state index in [1.807, 2.05) is 6.92 Å². The standard InChI is InChI=1S/C11H16N2O3/c1-7-4-8(6-13(2)15)9(5-10(7)12)11(14)16-3/h4-5,15H,6,12H2,1-3H3. The van der Waals surface area contributed by atoms with E-state index in [2.05, 4.69) is 4.74 Å². The molecule has 0 radical (unpaired) electrons. The lowest BCUT2D eigenvalue weighted by atomic mass is 10.0. The first kappa shape index (κ1) is 12.5. The Morgan fingerprint density at radius 3 is 2.69 bits per heavy atom. The maximum atomic E-state index is 11.5. The van der Waals surface area contributed by atoms with Gasteiger partial charge in [-0.05, 0) is 24.1 Å². The predicted molar refractivity (Wildman–Crippen MR) is 60.2 cm³/mol. The quantitative estimate of drug-likeness (QED) is 0.458. The highest BCUT2D eigenvalue weighted by Gasteiger charge is 2.14. The Kier molecular flexibility index (Phi) is 3.87. The molecule has 88 valence electrons. The molecular weight excluding hydrogens is 208 g/mol. The van der Waals surface area contributed by atoms with Gasteiger partial charge in [0.1, 0.15) is 0 Å². The van der Waals surface area contributed by atoms with Gasteiger partial charge in [0.2, 0.25) is 0 Å². The average Bonchev–Trinajstić information content (AvgIpc) is 2.21. The van der Waals surface area contributed by atoms with Crippen LogP contribution in [0.1, 0.15) is 21.5 Å². The summed E-state index contributed by atoms with van der Waals surface area (Å²) >= 11 is 0. The molecule has 0 spiro atoms. The second-order valence-electron chi connectivity index (χ2n) is 3.67. The largest absolute Gasteiger partial charge is 0.465 e. The molecule has 0 unspecified atom stereocenters. The van der Waals surface area contributed by atoms with Gasteiger partial charge < -0.3 is 15.7 Å². The first-order chi connectivity index (χ1) is 7.45. The number of methoxy groups -OCH3 is 1. The van der Waals surface area contributed by atoms with Crippen LogP contribution in [0.3, 0.4) is 0 Å². The topological polar surface area (TPSA) is 75.8 Å². The Morgan fingerprint density at radius 1 is 1.56 bits per heavy atom. The summed E-state index contributed by atoms with van der Waals surface area (Å²) in [5.74, 6) is -0.455. The number of nitrogens with two attached hydrogens (primary N) is 1. The molecule has 0 saturated carbocycles. The zero-order valence-electron chi connectivity index (χ0n) is 9.65. The Morgan fingerprint density at radius 2 is 2.19 bits per heavy atom. The van der Waals surface area contributed by atoms with Crippen LogP contribution in [-0.2, 0) is 11.3 Å². The summed E-state index contributed by atoms with van der Waals surface area (Å²) in [5.41, 5.74) is 8.19. The molecule has 0 fully saturated rings. The lowest BCUT2D eigenvalue weighted by molar-refractivity contribution is -0.0733. The highest BCUT2D eigenvalue weighted by molar-refractivity contribution is 5.92. The van der Waals surface area contributed by atoms with Crippen LogP contribution in [-0.4, -0.2) is 30.4 Å². The van der Waals surface area contributed by atoms with Crippen LogP contribution in [0, 0.1) is 6.92 Å². The number of benzene rings is 1. The molecule has 0 aliphatic carbocycles. The lowest BCUT2D eigenvalue weighted by Gasteiger charge is -2.14. The number of hydrogen-bond acceptors (Lipinski definition) is 5. The third-order valence-electron chi connectivity index (χ3n) is 2.30. The second-order valence-corrected chi connectivity index (χ2v) is 3.67. The number of hydroxylamine groups is 2. The Labute approximate surface area is 94.4 Å². The molecule has 0 atom stereocenters. The van der Waals surface area contributed by atoms with E-state index in [-0.39, 0.29) is 6.54 Å². The van der Waals surface area contributed by atoms with Crippen molar-refractivity contribution in [3.05, 3.63) is 28.8 Å². The SMILES string of the molecule is COC(=O)c1cc(N)c(C)cc1CN(C)O. The van der Waals surface area contributed by atoms with E-state index >= 15 is 0 Å². The van der Waals surface area contributed by atoms with Crippen molar-refractivity contribution < 1.29 is 14.7 Å². The van der Waals surface area contributed by atoms with Crippen molar-refractivity contribution >= 4 is 11.7 Å². The second kappa shape index (κ2) is 4.96. The minimum Gasteiger partial charge on any atom is -0.465 e. The smallest absolute Gasteiger partial charge is 0.338 e. The fourth-order valence-electron chi connectivity index (χ4n) is 1.46. The van der Waals surface area contributed by atoms with Crippen molar-refractivity contribution in [2.24, 2.45) is 0 Å². The van der Waals surface area contributed by atoms with E-state index in [0.29, 0.717) is 16.8 Å². The van der Waals surface area contributed by atoms with Gasteiger partial charge in [0.25, 0.3) is 0 Å². The molecule has 1 aromatic carbocycles. The van der Waals surface area contributed by atoms with Crippen LogP contribution in [0.4, 0.5) is 5.69 Å². The fourth-order valence-corrected chi connectivity index (χ4v) is 1.46. The van der Waals surface area contributed by atoms with Crippen LogP contribution in [0.25, 0.3) is 0 Å². The highest BCUT2D eigenvalue weighted by atomic mass is 16.5. The number of anilines is 1. The highest BCUT2D eigenvalue weighted by Crippen LogP contribution is 2.20. The van der Waals surface area contributed by atoms with Crippen molar-refractivity contribution in [1.29, 1.82) is 0 Å². The minimum atomic E-state index is -0.455. The van der Waals surface area contributed by atoms with Gasteiger partial charge in [-0.25, -0.2) is 4.79 Å². The summed E-state index contributed by atoms with van der Waals surface area (Å²) in [4.78, 5) is 11.5. The first-order valence-corrected chi connectivity index (χ1v) is 4.83. The van der Waals surface area contributed by atoms with E-state index < -0.39 is 5.97 Å². The van der Waals surface area contributed by atoms with E-state index in [4.69, 9.17) is 5.73 Å². The van der Waals surface area contributed by atoms with Gasteiger partial charge >= 0.3 is 5.97 Å². The van der Waals surface area contributed by atoms with Crippen molar-refractivity contribution in [3.8, 4) is 0 Å². The van der Waals surface area contributed by atoms with E-state index in [0.717, 1.165) is 10.6 Å². The van der Waals surface area contributed by atoms with Crippen molar-refractivity contribution in [2.45, 2.75) is 13.5 Å². The number of carbonyl (C=O) groups is 1. The molecule has 5 heteroatoms. The number of ether oxygens (including phenoxy) is 1. The minimum absolute atomic E-state index is 0.242. The van der Waals surface area contributed by atoms with Crippen LogP contribution in [0.15, 0.2) is 12.1 Å². The van der Waals surface area contributed by atoms with E-state index in [1.165, 1.54) is 14.2 Å². The number of nitrogens with zero attached hydrogens (tertiary/aromatic N) is 1. The van der Waals surface area contributed by atoms with Gasteiger partial charge in [0.05, 0.1) is 12.7 Å². The predicted octanol–water partition coefficient (Wildman–Crippen LogP) is 1.18. The number of carbonyl (C=O) groups excluding carboxylic acids is 1. The molecule has 1 aromatic rings. The van der Waals surface area contributed by atoms with Crippen LogP contribution < -0.4 is 5.73 Å². The number of aryl methyl sites for hydroxylation is 1. The fraction of sp³-hybridized carbons (Fsp3) is 0.364. The summed E-state index contributed by atoms with van der Waals surface area (Å²) in [5, 5.41) is 10.2. The zero-order valence-corrected chi connectivity index (χ0v) is 9.65. The Balaban J connectivity index is 3.21. The average molecular weight is 224 g/mol. The summed E-state index contributed by atoms with van der Waals surface area (Å²) in [7, 11) is 2.82. The molecule has 3 N–H and O–H groups in total. The molecule has 0 aromatic heterocycles. The third-order valence-corrected chi connectivity index (χ3v) is 2.30. The molecule has 0 saturated heterocycles. The van der Waals surface area contributed by atoms with Crippen LogP contribution in [0.5, 0.6) is 0 Å². The Bertz CT molecular complexity index is 402. The van der Waals surface area contributed by atoms with Gasteiger partial charge in [-0.2, -0.15) is 5.06 Å². The van der Waals surface area contributed by atoms with Crippen molar-refractivity contribution in [3.63, 3.8) is 0 Å². The molecule has 16 heavy (non-hydrogen) atoms. The summed E-state index contributed by atoms with van der Waals surface area (Å²) in [6.07, 6.45) is 0. The monoisotopic (exact) mass is 224 g/mol.